The molecule has 148 valence electrons. The summed E-state index contributed by atoms with van der Waals surface area (Å²) >= 11 is 1.71. The van der Waals surface area contributed by atoms with E-state index in [-0.39, 0.29) is 24.0 Å². The second-order valence-corrected chi connectivity index (χ2v) is 8.22. The topological polar surface area (TPSA) is 52.6 Å². The molecule has 2 unspecified atom stereocenters. The molecule has 1 aromatic carbocycles. The van der Waals surface area contributed by atoms with Crippen molar-refractivity contribution in [3.63, 3.8) is 0 Å². The molecule has 7 heteroatoms. The highest BCUT2D eigenvalue weighted by molar-refractivity contribution is 14.0. The van der Waals surface area contributed by atoms with Gasteiger partial charge in [0.15, 0.2) is 5.96 Å². The number of aromatic nitrogens is 1. The minimum atomic E-state index is 0. The van der Waals surface area contributed by atoms with Crippen LogP contribution >= 0.6 is 35.3 Å². The number of guanidine groups is 1. The molecule has 2 N–H and O–H groups in total. The summed E-state index contributed by atoms with van der Waals surface area (Å²) in [6.45, 7) is 10.0. The second-order valence-electron chi connectivity index (χ2n) is 6.90. The van der Waals surface area contributed by atoms with Crippen LogP contribution < -0.4 is 10.6 Å². The van der Waals surface area contributed by atoms with Gasteiger partial charge in [-0.05, 0) is 32.8 Å². The van der Waals surface area contributed by atoms with Gasteiger partial charge in [-0.2, -0.15) is 0 Å². The Hall–Kier alpha value is -1.19. The normalized spacial score (nSPS) is 20.3. The number of thiazole rings is 1. The number of nitrogens with zero attached hydrogens (tertiary/aromatic N) is 3. The van der Waals surface area contributed by atoms with Gasteiger partial charge < -0.3 is 10.6 Å². The van der Waals surface area contributed by atoms with Gasteiger partial charge in [0.25, 0.3) is 0 Å². The van der Waals surface area contributed by atoms with Crippen molar-refractivity contribution in [3.8, 4) is 0 Å². The van der Waals surface area contributed by atoms with E-state index in [0.717, 1.165) is 37.0 Å². The SMILES string of the molecule is CCNC(=NCc1ncc(C)s1)NC1CC(C)N(Cc2ccccc2)C1.I. The highest BCUT2D eigenvalue weighted by Crippen LogP contribution is 2.20. The number of benzene rings is 1. The molecule has 1 aliphatic heterocycles. The lowest BCUT2D eigenvalue weighted by molar-refractivity contribution is 0.258. The lowest BCUT2D eigenvalue weighted by Gasteiger charge is -2.21. The molecule has 0 radical (unpaired) electrons. The molecule has 0 aliphatic carbocycles. The standard InChI is InChI=1S/C20H29N5S.HI/c1-4-21-20(23-12-19-22-11-16(3)26-19)24-18-10-15(2)25(14-18)13-17-8-6-5-7-9-17;/h5-9,11,15,18H,4,10,12-14H2,1-3H3,(H2,21,23,24);1H. The van der Waals surface area contributed by atoms with Crippen LogP contribution in [-0.2, 0) is 13.1 Å². The molecular formula is C20H30IN5S. The Morgan fingerprint density at radius 3 is 2.78 bits per heavy atom. The first-order chi connectivity index (χ1) is 12.6. The Kier molecular flexibility index (Phi) is 8.98. The zero-order valence-corrected chi connectivity index (χ0v) is 19.5. The Morgan fingerprint density at radius 2 is 2.11 bits per heavy atom. The van der Waals surface area contributed by atoms with Crippen LogP contribution in [0.15, 0.2) is 41.5 Å². The molecule has 27 heavy (non-hydrogen) atoms. The van der Waals surface area contributed by atoms with E-state index in [4.69, 9.17) is 4.99 Å². The maximum atomic E-state index is 4.72. The Bertz CT molecular complexity index is 718. The predicted octanol–water partition coefficient (Wildman–Crippen LogP) is 3.79. The van der Waals surface area contributed by atoms with Crippen molar-refractivity contribution in [1.29, 1.82) is 0 Å². The summed E-state index contributed by atoms with van der Waals surface area (Å²) < 4.78 is 0. The zero-order chi connectivity index (χ0) is 18.4. The lowest BCUT2D eigenvalue weighted by atomic mass is 10.2. The maximum Gasteiger partial charge on any atom is 0.191 e. The summed E-state index contributed by atoms with van der Waals surface area (Å²) in [6.07, 6.45) is 3.05. The van der Waals surface area contributed by atoms with Crippen LogP contribution in [0.1, 0.15) is 35.7 Å². The largest absolute Gasteiger partial charge is 0.357 e. The average molecular weight is 499 g/mol. The van der Waals surface area contributed by atoms with Crippen LogP contribution in [0.5, 0.6) is 0 Å². The van der Waals surface area contributed by atoms with E-state index in [1.54, 1.807) is 11.3 Å². The fourth-order valence-corrected chi connectivity index (χ4v) is 4.09. The molecular weight excluding hydrogens is 469 g/mol. The number of aliphatic imine (C=N–C) groups is 1. The lowest BCUT2D eigenvalue weighted by Crippen LogP contribution is -2.44. The average Bonchev–Trinajstić information content (AvgIpc) is 3.19. The second kappa shape index (κ2) is 11.0. The van der Waals surface area contributed by atoms with Crippen LogP contribution in [0, 0.1) is 6.92 Å². The van der Waals surface area contributed by atoms with Crippen LogP contribution in [0.2, 0.25) is 0 Å². The van der Waals surface area contributed by atoms with Gasteiger partial charge in [0.05, 0.1) is 6.54 Å². The summed E-state index contributed by atoms with van der Waals surface area (Å²) in [5, 5.41) is 8.04. The minimum absolute atomic E-state index is 0. The van der Waals surface area contributed by atoms with Crippen molar-refractivity contribution in [1.82, 2.24) is 20.5 Å². The molecule has 0 bridgehead atoms. The monoisotopic (exact) mass is 499 g/mol. The van der Waals surface area contributed by atoms with Crippen molar-refractivity contribution in [2.75, 3.05) is 13.1 Å². The van der Waals surface area contributed by atoms with Gasteiger partial charge in [-0.15, -0.1) is 35.3 Å². The molecule has 2 atom stereocenters. The van der Waals surface area contributed by atoms with Crippen molar-refractivity contribution < 1.29 is 0 Å². The Labute approximate surface area is 183 Å². The Balaban J connectivity index is 0.00000261. The van der Waals surface area contributed by atoms with E-state index in [1.165, 1.54) is 10.4 Å². The first kappa shape index (κ1) is 22.1. The first-order valence-corrected chi connectivity index (χ1v) is 10.2. The number of aryl methyl sites for hydroxylation is 1. The molecule has 0 amide bonds. The van der Waals surface area contributed by atoms with Crippen LogP contribution in [0.25, 0.3) is 0 Å². The fourth-order valence-electron chi connectivity index (χ4n) is 3.38. The summed E-state index contributed by atoms with van der Waals surface area (Å²) in [7, 11) is 0. The molecule has 1 aliphatic rings. The van der Waals surface area contributed by atoms with E-state index >= 15 is 0 Å². The third-order valence-corrected chi connectivity index (χ3v) is 5.56. The molecule has 2 heterocycles. The number of hydrogen-bond acceptors (Lipinski definition) is 4. The van der Waals surface area contributed by atoms with Crippen molar-refractivity contribution in [2.45, 2.75) is 52.4 Å². The van der Waals surface area contributed by atoms with Crippen molar-refractivity contribution >= 4 is 41.3 Å². The fraction of sp³-hybridized carbons (Fsp3) is 0.500. The summed E-state index contributed by atoms with van der Waals surface area (Å²) in [6, 6.07) is 11.7. The van der Waals surface area contributed by atoms with Gasteiger partial charge >= 0.3 is 0 Å². The number of halogens is 1. The van der Waals surface area contributed by atoms with Gasteiger partial charge in [0.2, 0.25) is 0 Å². The molecule has 1 saturated heterocycles. The van der Waals surface area contributed by atoms with E-state index in [0.29, 0.717) is 18.6 Å². The van der Waals surface area contributed by atoms with Crippen molar-refractivity contribution in [2.24, 2.45) is 4.99 Å². The number of hydrogen-bond donors (Lipinski definition) is 2. The van der Waals surface area contributed by atoms with Crippen LogP contribution in [-0.4, -0.2) is 41.0 Å². The van der Waals surface area contributed by atoms with Gasteiger partial charge in [-0.1, -0.05) is 30.3 Å². The van der Waals surface area contributed by atoms with E-state index in [2.05, 4.69) is 71.6 Å². The Morgan fingerprint density at radius 1 is 1.33 bits per heavy atom. The third-order valence-electron chi connectivity index (χ3n) is 4.66. The zero-order valence-electron chi connectivity index (χ0n) is 16.3. The molecule has 1 fully saturated rings. The number of likely N-dealkylation sites (tertiary alicyclic amines) is 1. The van der Waals surface area contributed by atoms with E-state index < -0.39 is 0 Å². The van der Waals surface area contributed by atoms with Crippen molar-refractivity contribution in [3.05, 3.63) is 52.0 Å². The summed E-state index contributed by atoms with van der Waals surface area (Å²) in [4.78, 5) is 12.9. The van der Waals surface area contributed by atoms with Crippen LogP contribution in [0.3, 0.4) is 0 Å². The van der Waals surface area contributed by atoms with E-state index in [1.807, 2.05) is 6.20 Å². The molecule has 5 nitrogen and oxygen atoms in total. The van der Waals surface area contributed by atoms with Crippen LogP contribution in [0.4, 0.5) is 0 Å². The molecule has 2 aromatic rings. The smallest absolute Gasteiger partial charge is 0.191 e. The number of nitrogens with one attached hydrogen (secondary N) is 2. The summed E-state index contributed by atoms with van der Waals surface area (Å²) in [5.74, 6) is 0.888. The minimum Gasteiger partial charge on any atom is -0.357 e. The van der Waals surface area contributed by atoms with Gasteiger partial charge in [0, 0.05) is 42.8 Å². The van der Waals surface area contributed by atoms with Gasteiger partial charge in [-0.25, -0.2) is 9.98 Å². The van der Waals surface area contributed by atoms with Gasteiger partial charge in [0.1, 0.15) is 5.01 Å². The highest BCUT2D eigenvalue weighted by Gasteiger charge is 2.29. The summed E-state index contributed by atoms with van der Waals surface area (Å²) in [5.41, 5.74) is 1.37. The third kappa shape index (κ3) is 6.73. The van der Waals surface area contributed by atoms with E-state index in [9.17, 15) is 0 Å². The van der Waals surface area contributed by atoms with Gasteiger partial charge in [-0.3, -0.25) is 4.90 Å². The first-order valence-electron chi connectivity index (χ1n) is 9.38. The molecule has 0 saturated carbocycles. The number of rotatable bonds is 6. The molecule has 1 aromatic heterocycles. The molecule has 0 spiro atoms. The quantitative estimate of drug-likeness (QED) is 0.361. The molecule has 3 rings (SSSR count). The highest BCUT2D eigenvalue weighted by atomic mass is 127. The maximum absolute atomic E-state index is 4.72. The predicted molar refractivity (Wildman–Crippen MR) is 125 cm³/mol.